The summed E-state index contributed by atoms with van der Waals surface area (Å²) in [7, 11) is 1.52. The van der Waals surface area contributed by atoms with Crippen molar-refractivity contribution in [3.05, 3.63) is 53.1 Å². The number of ether oxygens (including phenoxy) is 3. The standard InChI is InChI=1S/C21H24ClNO5/c1-4-5-12-27-21(25)14(2)28-17-9-6-15(7-10-17)20(24)23-16-8-11-19(26-3)18(22)13-16/h6-11,13-14H,4-5,12H2,1-3H3,(H,23,24)/t14-/m0/s1. The van der Waals surface area contributed by atoms with Gasteiger partial charge < -0.3 is 19.5 Å². The number of unbranched alkanes of at least 4 members (excludes halogenated alkanes) is 1. The Kier molecular flexibility index (Phi) is 8.14. The smallest absolute Gasteiger partial charge is 0.347 e. The second-order valence-electron chi connectivity index (χ2n) is 6.11. The van der Waals surface area contributed by atoms with Crippen LogP contribution in [0.5, 0.6) is 11.5 Å². The number of hydrogen-bond donors (Lipinski definition) is 1. The number of rotatable bonds is 9. The molecule has 0 saturated heterocycles. The van der Waals surface area contributed by atoms with Gasteiger partial charge >= 0.3 is 5.97 Å². The Morgan fingerprint density at radius 3 is 2.46 bits per heavy atom. The number of carbonyl (C=O) groups excluding carboxylic acids is 2. The van der Waals surface area contributed by atoms with Crippen molar-refractivity contribution in [1.29, 1.82) is 0 Å². The number of carbonyl (C=O) groups is 2. The molecule has 28 heavy (non-hydrogen) atoms. The molecule has 1 amide bonds. The average Bonchev–Trinajstić information content (AvgIpc) is 2.68. The molecular weight excluding hydrogens is 382 g/mol. The molecule has 1 N–H and O–H groups in total. The minimum Gasteiger partial charge on any atom is -0.495 e. The van der Waals surface area contributed by atoms with Gasteiger partial charge in [0.1, 0.15) is 11.5 Å². The van der Waals surface area contributed by atoms with E-state index in [0.29, 0.717) is 34.4 Å². The van der Waals surface area contributed by atoms with Gasteiger partial charge in [-0.2, -0.15) is 0 Å². The summed E-state index contributed by atoms with van der Waals surface area (Å²) in [6.07, 6.45) is 1.05. The van der Waals surface area contributed by atoms with Crippen LogP contribution in [0.4, 0.5) is 5.69 Å². The molecule has 0 heterocycles. The number of methoxy groups -OCH3 is 1. The number of amides is 1. The van der Waals surface area contributed by atoms with Crippen LogP contribution in [-0.4, -0.2) is 31.7 Å². The first-order chi connectivity index (χ1) is 13.4. The molecule has 2 aromatic rings. The lowest BCUT2D eigenvalue weighted by Crippen LogP contribution is -2.26. The molecule has 7 heteroatoms. The summed E-state index contributed by atoms with van der Waals surface area (Å²) in [5.74, 6) is 0.305. The summed E-state index contributed by atoms with van der Waals surface area (Å²) in [5.41, 5.74) is 0.997. The number of esters is 1. The zero-order valence-electron chi connectivity index (χ0n) is 16.2. The molecule has 0 aromatic heterocycles. The van der Waals surface area contributed by atoms with Gasteiger partial charge in [-0.25, -0.2) is 4.79 Å². The number of hydrogen-bond acceptors (Lipinski definition) is 5. The van der Waals surface area contributed by atoms with Crippen LogP contribution in [0.2, 0.25) is 5.02 Å². The Hall–Kier alpha value is -2.73. The van der Waals surface area contributed by atoms with Crippen LogP contribution in [0.25, 0.3) is 0 Å². The van der Waals surface area contributed by atoms with Gasteiger partial charge in [0.25, 0.3) is 5.91 Å². The lowest BCUT2D eigenvalue weighted by atomic mass is 10.2. The van der Waals surface area contributed by atoms with Gasteiger partial charge in [-0.1, -0.05) is 24.9 Å². The molecule has 2 rings (SSSR count). The largest absolute Gasteiger partial charge is 0.495 e. The third kappa shape index (κ3) is 6.16. The predicted octanol–water partition coefficient (Wildman–Crippen LogP) is 4.71. The van der Waals surface area contributed by atoms with Gasteiger partial charge in [-0.05, 0) is 55.8 Å². The van der Waals surface area contributed by atoms with Crippen molar-refractivity contribution in [2.45, 2.75) is 32.8 Å². The lowest BCUT2D eigenvalue weighted by molar-refractivity contribution is -0.151. The molecule has 150 valence electrons. The minimum atomic E-state index is -0.724. The number of anilines is 1. The van der Waals surface area contributed by atoms with Crippen LogP contribution in [-0.2, 0) is 9.53 Å². The van der Waals surface area contributed by atoms with Crippen LogP contribution >= 0.6 is 11.6 Å². The quantitative estimate of drug-likeness (QED) is 0.483. The van der Waals surface area contributed by atoms with Gasteiger partial charge in [-0.15, -0.1) is 0 Å². The first-order valence-corrected chi connectivity index (χ1v) is 9.40. The fourth-order valence-electron chi connectivity index (χ4n) is 2.32. The summed E-state index contributed by atoms with van der Waals surface area (Å²) in [4.78, 5) is 24.2. The van der Waals surface area contributed by atoms with E-state index in [1.54, 1.807) is 49.4 Å². The van der Waals surface area contributed by atoms with Gasteiger partial charge in [-0.3, -0.25) is 4.79 Å². The minimum absolute atomic E-state index is 0.292. The Balaban J connectivity index is 1.93. The van der Waals surface area contributed by atoms with E-state index < -0.39 is 12.1 Å². The molecule has 0 unspecified atom stereocenters. The van der Waals surface area contributed by atoms with Crippen molar-refractivity contribution in [2.75, 3.05) is 19.0 Å². The molecule has 2 aromatic carbocycles. The van der Waals surface area contributed by atoms with Gasteiger partial charge in [0.05, 0.1) is 18.7 Å². The fourth-order valence-corrected chi connectivity index (χ4v) is 2.58. The molecule has 1 atom stereocenters. The van der Waals surface area contributed by atoms with Crippen molar-refractivity contribution in [3.8, 4) is 11.5 Å². The first kappa shape index (κ1) is 21.6. The highest BCUT2D eigenvalue weighted by molar-refractivity contribution is 6.32. The van der Waals surface area contributed by atoms with Crippen molar-refractivity contribution in [2.24, 2.45) is 0 Å². The first-order valence-electron chi connectivity index (χ1n) is 9.02. The maximum absolute atomic E-state index is 12.4. The van der Waals surface area contributed by atoms with Crippen molar-refractivity contribution in [3.63, 3.8) is 0 Å². The van der Waals surface area contributed by atoms with E-state index in [4.69, 9.17) is 25.8 Å². The second-order valence-corrected chi connectivity index (χ2v) is 6.52. The van der Waals surface area contributed by atoms with E-state index >= 15 is 0 Å². The number of benzene rings is 2. The SMILES string of the molecule is CCCCOC(=O)[C@H](C)Oc1ccc(C(=O)Nc2ccc(OC)c(Cl)c2)cc1. The summed E-state index contributed by atoms with van der Waals surface area (Å²) in [6, 6.07) is 11.5. The highest BCUT2D eigenvalue weighted by Gasteiger charge is 2.16. The molecular formula is C21H24ClNO5. The molecule has 0 aliphatic heterocycles. The maximum atomic E-state index is 12.4. The van der Waals surface area contributed by atoms with Gasteiger partial charge in [0, 0.05) is 11.3 Å². The molecule has 0 saturated carbocycles. The highest BCUT2D eigenvalue weighted by atomic mass is 35.5. The summed E-state index contributed by atoms with van der Waals surface area (Å²) >= 11 is 6.06. The Morgan fingerprint density at radius 1 is 1.14 bits per heavy atom. The fraction of sp³-hybridized carbons (Fsp3) is 0.333. The van der Waals surface area contributed by atoms with Crippen molar-refractivity contribution >= 4 is 29.2 Å². The van der Waals surface area contributed by atoms with Crippen LogP contribution in [0, 0.1) is 0 Å². The van der Waals surface area contributed by atoms with Crippen molar-refractivity contribution < 1.29 is 23.8 Å². The Morgan fingerprint density at radius 2 is 1.86 bits per heavy atom. The number of halogens is 1. The molecule has 0 bridgehead atoms. The van der Waals surface area contributed by atoms with Gasteiger partial charge in [0.2, 0.25) is 0 Å². The molecule has 0 fully saturated rings. The summed E-state index contributed by atoms with van der Waals surface area (Å²) < 4.78 is 15.8. The summed E-state index contributed by atoms with van der Waals surface area (Å²) in [6.45, 7) is 4.04. The van der Waals surface area contributed by atoms with Crippen LogP contribution in [0.15, 0.2) is 42.5 Å². The zero-order chi connectivity index (χ0) is 20.5. The van der Waals surface area contributed by atoms with E-state index in [2.05, 4.69) is 5.32 Å². The molecule has 0 radical (unpaired) electrons. The van der Waals surface area contributed by atoms with E-state index in [-0.39, 0.29) is 5.91 Å². The molecule has 0 aliphatic carbocycles. The second kappa shape index (κ2) is 10.6. The van der Waals surface area contributed by atoms with Crippen molar-refractivity contribution in [1.82, 2.24) is 0 Å². The van der Waals surface area contributed by atoms with E-state index in [1.165, 1.54) is 7.11 Å². The topological polar surface area (TPSA) is 73.9 Å². The highest BCUT2D eigenvalue weighted by Crippen LogP contribution is 2.27. The third-order valence-electron chi connectivity index (χ3n) is 3.91. The van der Waals surface area contributed by atoms with Crippen LogP contribution in [0.3, 0.4) is 0 Å². The summed E-state index contributed by atoms with van der Waals surface area (Å²) in [5, 5.41) is 3.17. The van der Waals surface area contributed by atoms with E-state index in [9.17, 15) is 9.59 Å². The number of nitrogens with one attached hydrogen (secondary N) is 1. The zero-order valence-corrected chi connectivity index (χ0v) is 16.9. The van der Waals surface area contributed by atoms with Crippen LogP contribution < -0.4 is 14.8 Å². The van der Waals surface area contributed by atoms with Gasteiger partial charge in [0.15, 0.2) is 6.10 Å². The Bertz CT molecular complexity index is 807. The Labute approximate surface area is 169 Å². The van der Waals surface area contributed by atoms with Crippen LogP contribution in [0.1, 0.15) is 37.0 Å². The monoisotopic (exact) mass is 405 g/mol. The molecule has 0 aliphatic rings. The maximum Gasteiger partial charge on any atom is 0.347 e. The van der Waals surface area contributed by atoms with E-state index in [1.807, 2.05) is 6.92 Å². The molecule has 0 spiro atoms. The molecule has 6 nitrogen and oxygen atoms in total. The normalized spacial score (nSPS) is 11.4. The van der Waals surface area contributed by atoms with E-state index in [0.717, 1.165) is 12.8 Å². The average molecular weight is 406 g/mol. The predicted molar refractivity (Wildman–Crippen MR) is 108 cm³/mol. The third-order valence-corrected chi connectivity index (χ3v) is 4.21. The lowest BCUT2D eigenvalue weighted by Gasteiger charge is -2.14.